The highest BCUT2D eigenvalue weighted by Gasteiger charge is 2.24. The second-order valence-corrected chi connectivity index (χ2v) is 6.63. The summed E-state index contributed by atoms with van der Waals surface area (Å²) in [5.74, 6) is 1.64. The fraction of sp³-hybridized carbons (Fsp3) is 0.286. The molecular formula is C21H22N4O2. The van der Waals surface area contributed by atoms with E-state index >= 15 is 0 Å². The lowest BCUT2D eigenvalue weighted by molar-refractivity contribution is 0.0746. The highest BCUT2D eigenvalue weighted by molar-refractivity contribution is 5.94. The molecule has 0 bridgehead atoms. The number of anilines is 1. The molecule has 0 unspecified atom stereocenters. The van der Waals surface area contributed by atoms with E-state index in [1.165, 1.54) is 0 Å². The first-order valence-electron chi connectivity index (χ1n) is 9.07. The maximum atomic E-state index is 12.8. The average Bonchev–Trinajstić information content (AvgIpc) is 2.73. The van der Waals surface area contributed by atoms with E-state index in [9.17, 15) is 4.79 Å². The number of piperazine rings is 1. The van der Waals surface area contributed by atoms with Crippen molar-refractivity contribution in [2.75, 3.05) is 38.2 Å². The number of amides is 1. The molecule has 138 valence electrons. The molecule has 4 rings (SSSR count). The molecule has 2 heterocycles. The minimum atomic E-state index is 0.0369. The molecule has 1 aliphatic heterocycles. The van der Waals surface area contributed by atoms with Crippen molar-refractivity contribution in [2.45, 2.75) is 6.92 Å². The summed E-state index contributed by atoms with van der Waals surface area (Å²) < 4.78 is 5.22. The quantitative estimate of drug-likeness (QED) is 0.717. The second-order valence-electron chi connectivity index (χ2n) is 6.63. The number of aryl methyl sites for hydroxylation is 1. The fourth-order valence-corrected chi connectivity index (χ4v) is 3.44. The number of carbonyl (C=O) groups is 1. The number of ether oxygens (including phenoxy) is 1. The van der Waals surface area contributed by atoms with Gasteiger partial charge >= 0.3 is 0 Å². The van der Waals surface area contributed by atoms with Crippen molar-refractivity contribution in [3.63, 3.8) is 0 Å². The van der Waals surface area contributed by atoms with E-state index in [4.69, 9.17) is 9.72 Å². The number of hydrogen-bond acceptors (Lipinski definition) is 5. The Kier molecular flexibility index (Phi) is 4.62. The molecule has 0 radical (unpaired) electrons. The van der Waals surface area contributed by atoms with Crippen molar-refractivity contribution in [3.8, 4) is 5.75 Å². The predicted molar refractivity (Wildman–Crippen MR) is 105 cm³/mol. The van der Waals surface area contributed by atoms with E-state index in [1.54, 1.807) is 13.2 Å². The van der Waals surface area contributed by atoms with Crippen molar-refractivity contribution in [1.82, 2.24) is 14.9 Å². The zero-order valence-corrected chi connectivity index (χ0v) is 15.6. The third-order valence-corrected chi connectivity index (χ3v) is 4.90. The van der Waals surface area contributed by atoms with Crippen LogP contribution in [-0.2, 0) is 0 Å². The highest BCUT2D eigenvalue weighted by atomic mass is 16.5. The smallest absolute Gasteiger partial charge is 0.254 e. The van der Waals surface area contributed by atoms with Crippen LogP contribution >= 0.6 is 0 Å². The standard InChI is InChI=1S/C21H22N4O2/c1-15-20(23-19-9-4-3-8-18(19)22-15)24-10-12-25(13-11-24)21(26)16-6-5-7-17(14-16)27-2/h3-9,14H,10-13H2,1-2H3. The first-order valence-corrected chi connectivity index (χ1v) is 9.07. The Morgan fingerprint density at radius 2 is 1.67 bits per heavy atom. The Balaban J connectivity index is 1.49. The zero-order valence-electron chi connectivity index (χ0n) is 15.6. The molecule has 0 saturated carbocycles. The number of para-hydroxylation sites is 2. The van der Waals surface area contributed by atoms with Crippen molar-refractivity contribution >= 4 is 22.8 Å². The van der Waals surface area contributed by atoms with E-state index in [0.29, 0.717) is 24.4 Å². The van der Waals surface area contributed by atoms with Crippen LogP contribution in [-0.4, -0.2) is 54.1 Å². The van der Waals surface area contributed by atoms with Crippen LogP contribution in [0.3, 0.4) is 0 Å². The van der Waals surface area contributed by atoms with Crippen molar-refractivity contribution in [2.24, 2.45) is 0 Å². The fourth-order valence-electron chi connectivity index (χ4n) is 3.44. The summed E-state index contributed by atoms with van der Waals surface area (Å²) in [6.07, 6.45) is 0. The largest absolute Gasteiger partial charge is 0.497 e. The lowest BCUT2D eigenvalue weighted by Gasteiger charge is -2.36. The van der Waals surface area contributed by atoms with Gasteiger partial charge in [-0.3, -0.25) is 4.79 Å². The number of nitrogens with zero attached hydrogens (tertiary/aromatic N) is 4. The molecule has 27 heavy (non-hydrogen) atoms. The van der Waals surface area contributed by atoms with Gasteiger partial charge in [-0.25, -0.2) is 9.97 Å². The second kappa shape index (κ2) is 7.23. The topological polar surface area (TPSA) is 58.6 Å². The normalized spacial score (nSPS) is 14.4. The molecule has 0 spiro atoms. The number of fused-ring (bicyclic) bond motifs is 1. The Bertz CT molecular complexity index is 981. The van der Waals surface area contributed by atoms with Crippen LogP contribution < -0.4 is 9.64 Å². The van der Waals surface area contributed by atoms with E-state index in [-0.39, 0.29) is 5.91 Å². The Morgan fingerprint density at radius 1 is 0.963 bits per heavy atom. The van der Waals surface area contributed by atoms with Crippen LogP contribution in [0, 0.1) is 6.92 Å². The summed E-state index contributed by atoms with van der Waals surface area (Å²) in [6.45, 7) is 4.78. The van der Waals surface area contributed by atoms with Crippen LogP contribution in [0.4, 0.5) is 5.82 Å². The van der Waals surface area contributed by atoms with E-state index in [2.05, 4.69) is 9.88 Å². The van der Waals surface area contributed by atoms with E-state index in [1.807, 2.05) is 54.3 Å². The molecule has 1 amide bonds. The van der Waals surface area contributed by atoms with Gasteiger partial charge < -0.3 is 14.5 Å². The summed E-state index contributed by atoms with van der Waals surface area (Å²) in [5.41, 5.74) is 3.38. The molecule has 1 saturated heterocycles. The van der Waals surface area contributed by atoms with E-state index < -0.39 is 0 Å². The van der Waals surface area contributed by atoms with Gasteiger partial charge in [-0.15, -0.1) is 0 Å². The zero-order chi connectivity index (χ0) is 18.8. The first kappa shape index (κ1) is 17.3. The number of aromatic nitrogens is 2. The molecule has 6 nitrogen and oxygen atoms in total. The molecule has 1 aliphatic rings. The van der Waals surface area contributed by atoms with Crippen LogP contribution in [0.1, 0.15) is 16.1 Å². The van der Waals surface area contributed by atoms with E-state index in [0.717, 1.165) is 35.6 Å². The number of rotatable bonds is 3. The Morgan fingerprint density at radius 3 is 2.37 bits per heavy atom. The molecule has 1 aromatic heterocycles. The summed E-state index contributed by atoms with van der Waals surface area (Å²) in [4.78, 5) is 26.3. The molecule has 6 heteroatoms. The van der Waals surface area contributed by atoms with Gasteiger partial charge in [0.1, 0.15) is 5.75 Å². The predicted octanol–water partition coefficient (Wildman–Crippen LogP) is 2.91. The van der Waals surface area contributed by atoms with Gasteiger partial charge in [-0.1, -0.05) is 18.2 Å². The number of benzene rings is 2. The van der Waals surface area contributed by atoms with Gasteiger partial charge in [0.05, 0.1) is 23.8 Å². The van der Waals surface area contributed by atoms with Crippen molar-refractivity contribution in [1.29, 1.82) is 0 Å². The summed E-state index contributed by atoms with van der Waals surface area (Å²) >= 11 is 0. The minimum absolute atomic E-state index is 0.0369. The summed E-state index contributed by atoms with van der Waals surface area (Å²) in [6, 6.07) is 15.2. The van der Waals surface area contributed by atoms with Gasteiger partial charge in [-0.05, 0) is 37.3 Å². The summed E-state index contributed by atoms with van der Waals surface area (Å²) in [5, 5.41) is 0. The van der Waals surface area contributed by atoms with Crippen LogP contribution in [0.25, 0.3) is 11.0 Å². The molecule has 0 aliphatic carbocycles. The number of hydrogen-bond donors (Lipinski definition) is 0. The molecule has 0 atom stereocenters. The highest BCUT2D eigenvalue weighted by Crippen LogP contribution is 2.22. The molecular weight excluding hydrogens is 340 g/mol. The molecule has 3 aromatic rings. The third kappa shape index (κ3) is 3.43. The SMILES string of the molecule is COc1cccc(C(=O)N2CCN(c3nc4ccccc4nc3C)CC2)c1. The van der Waals surface area contributed by atoms with Crippen LogP contribution in [0.2, 0.25) is 0 Å². The van der Waals surface area contributed by atoms with Gasteiger partial charge in [0, 0.05) is 31.7 Å². The lowest BCUT2D eigenvalue weighted by atomic mass is 10.1. The molecule has 1 fully saturated rings. The minimum Gasteiger partial charge on any atom is -0.497 e. The van der Waals surface area contributed by atoms with Gasteiger partial charge in [0.2, 0.25) is 0 Å². The molecule has 2 aromatic carbocycles. The Hall–Kier alpha value is -3.15. The maximum absolute atomic E-state index is 12.8. The average molecular weight is 362 g/mol. The number of carbonyl (C=O) groups excluding carboxylic acids is 1. The third-order valence-electron chi connectivity index (χ3n) is 4.90. The van der Waals surface area contributed by atoms with Gasteiger partial charge in [0.25, 0.3) is 5.91 Å². The monoisotopic (exact) mass is 362 g/mol. The first-order chi connectivity index (χ1) is 13.2. The van der Waals surface area contributed by atoms with Gasteiger partial charge in [0.15, 0.2) is 5.82 Å². The molecule has 0 N–H and O–H groups in total. The van der Waals surface area contributed by atoms with Crippen LogP contribution in [0.5, 0.6) is 5.75 Å². The maximum Gasteiger partial charge on any atom is 0.254 e. The lowest BCUT2D eigenvalue weighted by Crippen LogP contribution is -2.49. The Labute approximate surface area is 158 Å². The van der Waals surface area contributed by atoms with Gasteiger partial charge in [-0.2, -0.15) is 0 Å². The number of methoxy groups -OCH3 is 1. The summed E-state index contributed by atoms with van der Waals surface area (Å²) in [7, 11) is 1.61. The van der Waals surface area contributed by atoms with Crippen molar-refractivity contribution < 1.29 is 9.53 Å². The van der Waals surface area contributed by atoms with Crippen LogP contribution in [0.15, 0.2) is 48.5 Å². The van der Waals surface area contributed by atoms with Crippen molar-refractivity contribution in [3.05, 3.63) is 59.8 Å².